The van der Waals surface area contributed by atoms with Gasteiger partial charge in [-0.3, -0.25) is 14.8 Å². The van der Waals surface area contributed by atoms with Crippen molar-refractivity contribution < 1.29 is 4.79 Å². The van der Waals surface area contributed by atoms with E-state index >= 15 is 0 Å². The minimum absolute atomic E-state index is 0.00811. The fourth-order valence-electron chi connectivity index (χ4n) is 2.46. The molecule has 2 aromatic heterocycles. The van der Waals surface area contributed by atoms with Crippen LogP contribution in [0.25, 0.3) is 11.4 Å². The number of anilines is 1. The minimum Gasteiger partial charge on any atom is -0.289 e. The Labute approximate surface area is 161 Å². The molecule has 3 aromatic rings. The average Bonchev–Trinajstić information content (AvgIpc) is 3.30. The number of thiazole rings is 1. The topological polar surface area (TPSA) is 74.8 Å². The van der Waals surface area contributed by atoms with Gasteiger partial charge in [-0.2, -0.15) is 0 Å². The van der Waals surface area contributed by atoms with Gasteiger partial charge < -0.3 is 0 Å². The number of aryl methyl sites for hydroxylation is 1. The van der Waals surface area contributed by atoms with Crippen molar-refractivity contribution in [2.75, 3.05) is 11.4 Å². The molecule has 3 rings (SSSR count). The molecule has 6 nitrogen and oxygen atoms in total. The maximum Gasteiger partial charge on any atom is 0.225 e. The highest BCUT2D eigenvalue weighted by Crippen LogP contribution is 2.26. The second-order valence-electron chi connectivity index (χ2n) is 5.69. The first-order chi connectivity index (χ1) is 12.6. The van der Waals surface area contributed by atoms with Crippen LogP contribution < -0.4 is 4.90 Å². The second-order valence-corrected chi connectivity index (χ2v) is 7.47. The van der Waals surface area contributed by atoms with Gasteiger partial charge in [-0.25, -0.2) is 9.97 Å². The zero-order valence-corrected chi connectivity index (χ0v) is 16.7. The molecule has 0 saturated carbocycles. The summed E-state index contributed by atoms with van der Waals surface area (Å²) < 4.78 is 0. The molecule has 0 radical (unpaired) electrons. The maximum absolute atomic E-state index is 11.6. The summed E-state index contributed by atoms with van der Waals surface area (Å²) >= 11 is 3.01. The van der Waals surface area contributed by atoms with E-state index in [2.05, 4.69) is 51.4 Å². The average molecular weight is 388 g/mol. The number of hydrogen-bond donors (Lipinski definition) is 1. The van der Waals surface area contributed by atoms with E-state index in [-0.39, 0.29) is 5.91 Å². The van der Waals surface area contributed by atoms with Crippen molar-refractivity contribution in [3.05, 3.63) is 40.9 Å². The van der Waals surface area contributed by atoms with Crippen molar-refractivity contribution in [1.82, 2.24) is 20.2 Å². The summed E-state index contributed by atoms with van der Waals surface area (Å²) in [5.74, 6) is 1.44. The summed E-state index contributed by atoms with van der Waals surface area (Å²) in [6.45, 7) is 6.26. The first kappa shape index (κ1) is 18.6. The molecule has 0 fully saturated rings. The van der Waals surface area contributed by atoms with E-state index in [1.54, 1.807) is 11.8 Å². The van der Waals surface area contributed by atoms with Gasteiger partial charge >= 0.3 is 0 Å². The van der Waals surface area contributed by atoms with Crippen LogP contribution in [0.15, 0.2) is 34.8 Å². The van der Waals surface area contributed by atoms with Gasteiger partial charge in [0, 0.05) is 30.2 Å². The second kappa shape index (κ2) is 8.46. The normalized spacial score (nSPS) is 10.9. The minimum atomic E-state index is 0.00811. The molecule has 0 spiro atoms. The number of benzene rings is 1. The molecule has 0 atom stereocenters. The summed E-state index contributed by atoms with van der Waals surface area (Å²) in [6, 6.07) is 8.33. The molecular formula is C18H21N5OS2. The van der Waals surface area contributed by atoms with Gasteiger partial charge in [-0.15, -0.1) is 16.4 Å². The van der Waals surface area contributed by atoms with Gasteiger partial charge in [0.05, 0.1) is 5.69 Å². The molecule has 136 valence electrons. The van der Waals surface area contributed by atoms with Crippen LogP contribution in [0.3, 0.4) is 0 Å². The number of amides is 1. The van der Waals surface area contributed by atoms with Crippen LogP contribution in [-0.4, -0.2) is 32.6 Å². The van der Waals surface area contributed by atoms with Crippen LogP contribution in [-0.2, 0) is 17.0 Å². The lowest BCUT2D eigenvalue weighted by molar-refractivity contribution is -0.116. The molecule has 8 heteroatoms. The Bertz CT molecular complexity index is 872. The Balaban J connectivity index is 1.63. The largest absolute Gasteiger partial charge is 0.289 e. The van der Waals surface area contributed by atoms with E-state index in [1.807, 2.05) is 12.3 Å². The van der Waals surface area contributed by atoms with E-state index in [0.29, 0.717) is 17.5 Å². The van der Waals surface area contributed by atoms with Crippen molar-refractivity contribution in [2.45, 2.75) is 38.1 Å². The smallest absolute Gasteiger partial charge is 0.225 e. The number of nitrogens with one attached hydrogen (secondary N) is 1. The molecule has 0 aliphatic carbocycles. The zero-order chi connectivity index (χ0) is 18.5. The molecule has 0 bridgehead atoms. The lowest BCUT2D eigenvalue weighted by Crippen LogP contribution is -2.27. The van der Waals surface area contributed by atoms with Gasteiger partial charge in [0.25, 0.3) is 0 Å². The Kier molecular flexibility index (Phi) is 6.05. The van der Waals surface area contributed by atoms with E-state index in [9.17, 15) is 4.79 Å². The molecule has 0 unspecified atom stereocenters. The van der Waals surface area contributed by atoms with Gasteiger partial charge in [0.1, 0.15) is 0 Å². The number of thioether (sulfide) groups is 1. The quantitative estimate of drug-likeness (QED) is 0.616. The summed E-state index contributed by atoms with van der Waals surface area (Å²) in [4.78, 5) is 22.4. The number of carbonyl (C=O) groups is 1. The number of H-pyrrole nitrogens is 1. The third-order valence-electron chi connectivity index (χ3n) is 3.92. The highest BCUT2D eigenvalue weighted by atomic mass is 32.2. The molecule has 0 aliphatic rings. The molecular weight excluding hydrogens is 366 g/mol. The van der Waals surface area contributed by atoms with Gasteiger partial charge in [0.15, 0.2) is 11.0 Å². The Morgan fingerprint density at radius 1 is 1.23 bits per heavy atom. The van der Waals surface area contributed by atoms with Crippen molar-refractivity contribution >= 4 is 34.1 Å². The molecule has 0 aliphatic heterocycles. The molecule has 0 saturated heterocycles. The molecule has 1 amide bonds. The van der Waals surface area contributed by atoms with E-state index in [4.69, 9.17) is 0 Å². The highest BCUT2D eigenvalue weighted by molar-refractivity contribution is 7.98. The van der Waals surface area contributed by atoms with Gasteiger partial charge in [-0.1, -0.05) is 43.0 Å². The molecule has 26 heavy (non-hydrogen) atoms. The lowest BCUT2D eigenvalue weighted by Gasteiger charge is -2.14. The number of carbonyl (C=O) groups excluding carboxylic acids is 1. The third-order valence-corrected chi connectivity index (χ3v) is 5.71. The van der Waals surface area contributed by atoms with Gasteiger partial charge in [-0.05, 0) is 18.9 Å². The zero-order valence-electron chi connectivity index (χ0n) is 15.0. The molecule has 1 aromatic carbocycles. The Morgan fingerprint density at radius 3 is 2.65 bits per heavy atom. The third kappa shape index (κ3) is 4.31. The monoisotopic (exact) mass is 387 g/mol. The van der Waals surface area contributed by atoms with Crippen molar-refractivity contribution in [3.8, 4) is 11.4 Å². The summed E-state index contributed by atoms with van der Waals surface area (Å²) in [7, 11) is 0. The van der Waals surface area contributed by atoms with Crippen LogP contribution in [0.1, 0.15) is 32.0 Å². The van der Waals surface area contributed by atoms with E-state index in [0.717, 1.165) is 28.6 Å². The van der Waals surface area contributed by atoms with E-state index in [1.165, 1.54) is 28.7 Å². The first-order valence-corrected chi connectivity index (χ1v) is 10.3. The maximum atomic E-state index is 11.6. The Morgan fingerprint density at radius 2 is 2.00 bits per heavy atom. The SMILES string of the molecule is CCc1ccc(-c2nc(SCc3csc(N(CC)C(C)=O)n3)n[nH]2)cc1. The number of rotatable bonds is 7. The van der Waals surface area contributed by atoms with Crippen LogP contribution >= 0.6 is 23.1 Å². The fraction of sp³-hybridized carbons (Fsp3) is 0.333. The predicted molar refractivity (Wildman–Crippen MR) is 107 cm³/mol. The number of aromatic amines is 1. The van der Waals surface area contributed by atoms with Crippen LogP contribution in [0, 0.1) is 0 Å². The summed E-state index contributed by atoms with van der Waals surface area (Å²) in [5, 5.41) is 10.7. The van der Waals surface area contributed by atoms with Crippen LogP contribution in [0.5, 0.6) is 0 Å². The molecule has 2 heterocycles. The highest BCUT2D eigenvalue weighted by Gasteiger charge is 2.14. The summed E-state index contributed by atoms with van der Waals surface area (Å²) in [5.41, 5.74) is 3.25. The van der Waals surface area contributed by atoms with Crippen LogP contribution in [0.2, 0.25) is 0 Å². The fourth-order valence-corrected chi connectivity index (χ4v) is 4.18. The van der Waals surface area contributed by atoms with Gasteiger partial charge in [0.2, 0.25) is 11.1 Å². The predicted octanol–water partition coefficient (Wildman–Crippen LogP) is 4.16. The van der Waals surface area contributed by atoms with Crippen LogP contribution in [0.4, 0.5) is 5.13 Å². The molecule has 1 N–H and O–H groups in total. The first-order valence-electron chi connectivity index (χ1n) is 8.47. The van der Waals surface area contributed by atoms with Crippen molar-refractivity contribution in [3.63, 3.8) is 0 Å². The Hall–Kier alpha value is -2.19. The van der Waals surface area contributed by atoms with E-state index < -0.39 is 0 Å². The lowest BCUT2D eigenvalue weighted by atomic mass is 10.1. The van der Waals surface area contributed by atoms with Crippen molar-refractivity contribution in [1.29, 1.82) is 0 Å². The standard InChI is InChI=1S/C18H21N5OS2/c1-4-13-6-8-14(9-7-13)16-20-17(22-21-16)25-10-15-11-26-18(19-15)23(5-2)12(3)24/h6-9,11H,4-5,10H2,1-3H3,(H,20,21,22). The number of hydrogen-bond acceptors (Lipinski definition) is 6. The number of nitrogens with zero attached hydrogens (tertiary/aromatic N) is 4. The number of aromatic nitrogens is 4. The summed E-state index contributed by atoms with van der Waals surface area (Å²) in [6.07, 6.45) is 1.02. The van der Waals surface area contributed by atoms with Crippen molar-refractivity contribution in [2.24, 2.45) is 0 Å².